The van der Waals surface area contributed by atoms with E-state index in [1.54, 1.807) is 6.08 Å². The maximum atomic E-state index is 13.7. The molecule has 2 aromatic rings. The maximum Gasteiger partial charge on any atom is 0.303 e. The molecule has 0 saturated heterocycles. The Hall–Kier alpha value is -4.43. The fourth-order valence-corrected chi connectivity index (χ4v) is 9.62. The molecule has 16 nitrogen and oxygen atoms in total. The monoisotopic (exact) mass is 901 g/mol. The zero-order valence-corrected chi connectivity index (χ0v) is 37.5. The molecule has 18 heteroatoms. The second kappa shape index (κ2) is 20.0. The van der Waals surface area contributed by atoms with Gasteiger partial charge in [0.05, 0.1) is 28.1 Å². The summed E-state index contributed by atoms with van der Waals surface area (Å²) in [5.41, 5.74) is 6.12. The number of benzene rings is 2. The quantitative estimate of drug-likeness (QED) is 0.0323. The molecule has 0 bridgehead atoms. The number of rotatable bonds is 24. The fraction of sp³-hybridized carbons (Fsp3) is 0.523. The van der Waals surface area contributed by atoms with Crippen molar-refractivity contribution in [1.82, 2.24) is 9.80 Å². The van der Waals surface area contributed by atoms with Crippen molar-refractivity contribution in [3.05, 3.63) is 93.4 Å². The molecule has 1 atom stereocenters. The number of carboxylic acid groups (broad SMARTS) is 2. The van der Waals surface area contributed by atoms with Crippen molar-refractivity contribution in [3.63, 3.8) is 0 Å². The van der Waals surface area contributed by atoms with Crippen molar-refractivity contribution in [2.75, 3.05) is 43.0 Å². The van der Waals surface area contributed by atoms with Gasteiger partial charge in [-0.1, -0.05) is 32.0 Å². The summed E-state index contributed by atoms with van der Waals surface area (Å²) in [7, 11) is -8.13. The standard InChI is InChI=1S/C44H60N4O12S2/c1-43(2)33-23-29(27-47(19-9-11-39(49)50)17-5-7-21-61(55,56)57)13-15-35(33)45-37(43)25-31-41(53)32(42(31)54)26-38-44(3,4)34-24-30(14-16-36(34)46-38)28-48(20-10-12-40(51)52)18-6-8-22-62(58,59)60/h13-16,23-26,37,45-46,53H,5-12,17-22,27-28H2,1-4H3,(H,49,50)(H,51,52)(H,55,56,57)(H,58,59,60)/p+1. The van der Waals surface area contributed by atoms with Crippen LogP contribution in [0.2, 0.25) is 0 Å². The van der Waals surface area contributed by atoms with E-state index in [1.807, 2.05) is 44.2 Å². The molecule has 2 aromatic carbocycles. The van der Waals surface area contributed by atoms with Gasteiger partial charge in [0.2, 0.25) is 0 Å². The molecular formula is C44H61N4O12S2+. The van der Waals surface area contributed by atoms with Gasteiger partial charge in [0.1, 0.15) is 17.5 Å². The van der Waals surface area contributed by atoms with E-state index >= 15 is 0 Å². The molecular weight excluding hydrogens is 841 g/mol. The summed E-state index contributed by atoms with van der Waals surface area (Å²) in [5, 5.41) is 35.2. The zero-order chi connectivity index (χ0) is 45.6. The number of carbonyl (C=O) groups is 3. The van der Waals surface area contributed by atoms with Crippen molar-refractivity contribution in [2.45, 2.75) is 109 Å². The van der Waals surface area contributed by atoms with Crippen molar-refractivity contribution < 1.29 is 61.0 Å². The number of nitrogens with zero attached hydrogens (tertiary/aromatic N) is 2. The molecule has 0 fully saturated rings. The minimum atomic E-state index is -4.07. The highest BCUT2D eigenvalue weighted by Crippen LogP contribution is 2.46. The smallest absolute Gasteiger partial charge is 0.303 e. The van der Waals surface area contributed by atoms with Gasteiger partial charge in [-0.15, -0.1) is 0 Å². The van der Waals surface area contributed by atoms with E-state index in [4.69, 9.17) is 19.3 Å². The van der Waals surface area contributed by atoms with Gasteiger partial charge in [-0.3, -0.25) is 33.3 Å². The lowest BCUT2D eigenvalue weighted by Crippen LogP contribution is -2.84. The summed E-state index contributed by atoms with van der Waals surface area (Å²) >= 11 is 0. The van der Waals surface area contributed by atoms with E-state index < -0.39 is 43.0 Å². The first-order chi connectivity index (χ1) is 28.9. The predicted octanol–water partition coefficient (Wildman–Crippen LogP) is 4.82. The van der Waals surface area contributed by atoms with E-state index in [1.165, 1.54) is 0 Å². The third-order valence-electron chi connectivity index (χ3n) is 12.1. The number of anilines is 1. The lowest BCUT2D eigenvalue weighted by Gasteiger charge is -2.27. The number of quaternary nitrogens is 1. The summed E-state index contributed by atoms with van der Waals surface area (Å²) in [5.74, 6) is -2.78. The number of nitrogens with two attached hydrogens (primary N) is 1. The maximum absolute atomic E-state index is 13.7. The van der Waals surface area contributed by atoms with Crippen LogP contribution >= 0.6 is 0 Å². The van der Waals surface area contributed by atoms with Gasteiger partial charge < -0.3 is 26.0 Å². The number of allylic oxidation sites excluding steroid dienone is 4. The number of aliphatic carboxylic acids is 2. The van der Waals surface area contributed by atoms with E-state index in [-0.39, 0.29) is 65.9 Å². The van der Waals surface area contributed by atoms with Crippen LogP contribution in [0.3, 0.4) is 0 Å². The van der Waals surface area contributed by atoms with E-state index in [0.717, 1.165) is 39.3 Å². The van der Waals surface area contributed by atoms with E-state index in [0.29, 0.717) is 65.0 Å². The van der Waals surface area contributed by atoms with Gasteiger partial charge in [-0.2, -0.15) is 16.8 Å². The number of aliphatic hydroxyl groups is 1. The van der Waals surface area contributed by atoms with Crippen LogP contribution in [0, 0.1) is 0 Å². The summed E-state index contributed by atoms with van der Waals surface area (Å²) in [6, 6.07) is 11.9. The molecule has 2 aliphatic heterocycles. The minimum Gasteiger partial charge on any atom is -0.506 e. The molecule has 1 unspecified atom stereocenters. The Kier molecular flexibility index (Phi) is 15.6. The highest BCUT2D eigenvalue weighted by Gasteiger charge is 2.45. The molecule has 0 spiro atoms. The van der Waals surface area contributed by atoms with Crippen LogP contribution in [-0.4, -0.2) is 113 Å². The predicted molar refractivity (Wildman–Crippen MR) is 234 cm³/mol. The van der Waals surface area contributed by atoms with Gasteiger partial charge >= 0.3 is 11.9 Å². The number of aliphatic hydroxyl groups excluding tert-OH is 1. The second-order valence-corrected chi connectivity index (χ2v) is 20.9. The van der Waals surface area contributed by atoms with Crippen LogP contribution in [0.1, 0.15) is 101 Å². The lowest BCUT2D eigenvalue weighted by atomic mass is 9.76. The summed E-state index contributed by atoms with van der Waals surface area (Å²) in [6.45, 7) is 11.3. The van der Waals surface area contributed by atoms with Gasteiger partial charge in [0.25, 0.3) is 20.2 Å². The first kappa shape index (κ1) is 48.6. The van der Waals surface area contributed by atoms with E-state index in [2.05, 4.69) is 46.4 Å². The van der Waals surface area contributed by atoms with Gasteiger partial charge in [0, 0.05) is 48.3 Å². The first-order valence-corrected chi connectivity index (χ1v) is 24.3. The Morgan fingerprint density at radius 1 is 0.758 bits per heavy atom. The number of ketones is 1. The molecule has 8 N–H and O–H groups in total. The second-order valence-electron chi connectivity index (χ2n) is 17.7. The lowest BCUT2D eigenvalue weighted by molar-refractivity contribution is -0.596. The van der Waals surface area contributed by atoms with Crippen molar-refractivity contribution in [2.24, 2.45) is 0 Å². The van der Waals surface area contributed by atoms with Gasteiger partial charge in [-0.25, -0.2) is 0 Å². The minimum absolute atomic E-state index is 0.00799. The van der Waals surface area contributed by atoms with Crippen molar-refractivity contribution >= 4 is 49.3 Å². The number of hydrogen-bond donors (Lipinski definition) is 7. The Bertz CT molecular complexity index is 2350. The number of Topliss-reactive ketones (excluding diaryl/α,β-unsaturated/α-hetero) is 1. The number of nitrogens with one attached hydrogen (secondary N) is 1. The molecule has 0 radical (unpaired) electrons. The Morgan fingerprint density at radius 3 is 1.76 bits per heavy atom. The number of fused-ring (bicyclic) bond motifs is 2. The average molecular weight is 902 g/mol. The highest BCUT2D eigenvalue weighted by molar-refractivity contribution is 7.86. The highest BCUT2D eigenvalue weighted by atomic mass is 32.2. The summed E-state index contributed by atoms with van der Waals surface area (Å²) in [6.07, 6.45) is 6.00. The van der Waals surface area contributed by atoms with Crippen LogP contribution in [-0.2, 0) is 58.5 Å². The number of carboxylic acids is 2. The molecule has 2 heterocycles. The van der Waals surface area contributed by atoms with Crippen LogP contribution in [0.25, 0.3) is 0 Å². The fourth-order valence-electron chi connectivity index (χ4n) is 8.48. The number of carbonyl (C=O) groups excluding carboxylic acids is 1. The van der Waals surface area contributed by atoms with Gasteiger partial charge in [-0.05, 0) is 126 Å². The third-order valence-corrected chi connectivity index (χ3v) is 13.7. The molecule has 62 heavy (non-hydrogen) atoms. The third kappa shape index (κ3) is 12.8. The van der Waals surface area contributed by atoms with Crippen LogP contribution in [0.5, 0.6) is 0 Å². The molecule has 0 saturated carbocycles. The van der Waals surface area contributed by atoms with Gasteiger partial charge in [0.15, 0.2) is 5.78 Å². The molecule has 0 amide bonds. The molecule has 340 valence electrons. The molecule has 5 rings (SSSR count). The van der Waals surface area contributed by atoms with E-state index in [9.17, 15) is 36.3 Å². The van der Waals surface area contributed by atoms with Crippen molar-refractivity contribution in [1.29, 1.82) is 0 Å². The summed E-state index contributed by atoms with van der Waals surface area (Å²) < 4.78 is 63.0. The Balaban J connectivity index is 1.27. The SMILES string of the molecule is CC1(C)C(=CC2=C(O)C(=CC3[NH2+]c4ccc(CN(CCCCS(=O)(=O)O)CCCC(=O)O)cc4C3(C)C)C2=O)Nc2ccc(CN(CCCCS(=O)(=O)O)CCCC(=O)O)cc21. The largest absolute Gasteiger partial charge is 0.506 e. The average Bonchev–Trinajstić information content (AvgIpc) is 3.57. The summed E-state index contributed by atoms with van der Waals surface area (Å²) in [4.78, 5) is 40.2. The Morgan fingerprint density at radius 2 is 1.26 bits per heavy atom. The van der Waals surface area contributed by atoms with Crippen LogP contribution in [0.4, 0.5) is 11.4 Å². The first-order valence-electron chi connectivity index (χ1n) is 21.0. The number of unbranched alkanes of at least 4 members (excludes halogenated alkanes) is 2. The normalized spacial score (nSPS) is 19.3. The number of hydrogen-bond acceptors (Lipinski definition) is 11. The van der Waals surface area contributed by atoms with Crippen LogP contribution in [0.15, 0.2) is 71.2 Å². The van der Waals surface area contributed by atoms with Crippen LogP contribution < -0.4 is 10.6 Å². The Labute approximate surface area is 364 Å². The molecule has 3 aliphatic rings. The van der Waals surface area contributed by atoms with Crippen molar-refractivity contribution in [3.8, 4) is 0 Å². The molecule has 0 aromatic heterocycles. The topological polar surface area (TPSA) is 256 Å². The zero-order valence-electron chi connectivity index (χ0n) is 35.9. The molecule has 1 aliphatic carbocycles.